The van der Waals surface area contributed by atoms with Crippen LogP contribution in [0.5, 0.6) is 0 Å². The number of aromatic nitrogens is 4. The molecule has 176 valence electrons. The summed E-state index contributed by atoms with van der Waals surface area (Å²) in [4.78, 5) is 16.7. The Hall–Kier alpha value is -3.87. The van der Waals surface area contributed by atoms with Crippen LogP contribution in [0.2, 0.25) is 0 Å². The number of nitriles is 1. The summed E-state index contributed by atoms with van der Waals surface area (Å²) in [6, 6.07) is 20.8. The van der Waals surface area contributed by atoms with E-state index in [2.05, 4.69) is 57.3 Å². The summed E-state index contributed by atoms with van der Waals surface area (Å²) in [6.07, 6.45) is 4.09. The van der Waals surface area contributed by atoms with Crippen molar-refractivity contribution in [2.24, 2.45) is 0 Å². The highest BCUT2D eigenvalue weighted by Crippen LogP contribution is 2.27. The van der Waals surface area contributed by atoms with Crippen LogP contribution in [0.25, 0.3) is 0 Å². The lowest BCUT2D eigenvalue weighted by Crippen LogP contribution is -2.36. The van der Waals surface area contributed by atoms with Gasteiger partial charge in [-0.05, 0) is 41.5 Å². The number of nitrogens with zero attached hydrogens (tertiary/aromatic N) is 6. The molecule has 8 nitrogen and oxygen atoms in total. The Bertz CT molecular complexity index is 1320. The molecular formula is C26H25N7OS. The van der Waals surface area contributed by atoms with Gasteiger partial charge in [-0.1, -0.05) is 36.0 Å². The van der Waals surface area contributed by atoms with Crippen LogP contribution < -0.4 is 10.6 Å². The minimum atomic E-state index is 0.257. The van der Waals surface area contributed by atoms with E-state index in [0.717, 1.165) is 47.6 Å². The van der Waals surface area contributed by atoms with Crippen molar-refractivity contribution >= 4 is 23.3 Å². The molecule has 0 atom stereocenters. The smallest absolute Gasteiger partial charge is 0.164 e. The molecule has 5 rings (SSSR count). The lowest BCUT2D eigenvalue weighted by Gasteiger charge is -2.28. The first-order chi connectivity index (χ1) is 17.2. The zero-order valence-electron chi connectivity index (χ0n) is 19.2. The van der Waals surface area contributed by atoms with Crippen molar-refractivity contribution in [3.8, 4) is 6.07 Å². The van der Waals surface area contributed by atoms with Crippen molar-refractivity contribution in [3.63, 3.8) is 0 Å². The molecule has 0 radical (unpaired) electrons. The number of hydrogen-bond donors (Lipinski definition) is 1. The third-order valence-corrected chi connectivity index (χ3v) is 6.77. The molecule has 0 saturated carbocycles. The van der Waals surface area contributed by atoms with Crippen molar-refractivity contribution in [2.45, 2.75) is 22.9 Å². The molecule has 0 aliphatic carbocycles. The summed E-state index contributed by atoms with van der Waals surface area (Å²) >= 11 is 1.60. The molecule has 0 bridgehead atoms. The van der Waals surface area contributed by atoms with E-state index in [1.165, 1.54) is 11.3 Å². The van der Waals surface area contributed by atoms with Crippen LogP contribution in [0.4, 0.5) is 11.5 Å². The molecule has 2 aromatic heterocycles. The molecule has 35 heavy (non-hydrogen) atoms. The summed E-state index contributed by atoms with van der Waals surface area (Å²) in [5.74, 6) is 1.06. The molecule has 1 fully saturated rings. The van der Waals surface area contributed by atoms with E-state index in [9.17, 15) is 5.26 Å². The largest absolute Gasteiger partial charge is 0.381 e. The normalized spacial score (nSPS) is 13.5. The summed E-state index contributed by atoms with van der Waals surface area (Å²) in [5, 5.41) is 10.1. The number of hydrogen-bond acceptors (Lipinski definition) is 8. The number of nitrogens with two attached hydrogens (primary N) is 1. The SMILES string of the molecule is N#Cc1c(N)ncn1Cc1ccc(Sc2ccnc(Cc3ccc(N4CCOCC4)cc3)n2)cc1. The Morgan fingerprint density at radius 1 is 0.971 bits per heavy atom. The third-order valence-electron chi connectivity index (χ3n) is 5.83. The molecule has 0 spiro atoms. The van der Waals surface area contributed by atoms with Gasteiger partial charge >= 0.3 is 0 Å². The van der Waals surface area contributed by atoms with Crippen LogP contribution >= 0.6 is 11.8 Å². The van der Waals surface area contributed by atoms with E-state index in [0.29, 0.717) is 18.7 Å². The third kappa shape index (κ3) is 5.62. The number of imidazole rings is 1. The maximum atomic E-state index is 9.24. The number of rotatable bonds is 7. The molecule has 2 aromatic carbocycles. The van der Waals surface area contributed by atoms with Gasteiger partial charge in [0, 0.05) is 42.8 Å². The van der Waals surface area contributed by atoms with Gasteiger partial charge in [-0.2, -0.15) is 5.26 Å². The summed E-state index contributed by atoms with van der Waals surface area (Å²) in [6.45, 7) is 3.97. The molecular weight excluding hydrogens is 458 g/mol. The average molecular weight is 484 g/mol. The second kappa shape index (κ2) is 10.6. The fourth-order valence-corrected chi connectivity index (χ4v) is 4.76. The van der Waals surface area contributed by atoms with Gasteiger partial charge in [0.25, 0.3) is 0 Å². The Kier molecular flexibility index (Phi) is 6.93. The van der Waals surface area contributed by atoms with Crippen molar-refractivity contribution in [2.75, 3.05) is 36.9 Å². The van der Waals surface area contributed by atoms with Gasteiger partial charge < -0.3 is 19.9 Å². The van der Waals surface area contributed by atoms with E-state index in [-0.39, 0.29) is 5.82 Å². The van der Waals surface area contributed by atoms with Gasteiger partial charge in [0.15, 0.2) is 11.5 Å². The van der Waals surface area contributed by atoms with Crippen LogP contribution in [0.15, 0.2) is 77.0 Å². The first kappa shape index (κ1) is 22.9. The van der Waals surface area contributed by atoms with E-state index < -0.39 is 0 Å². The predicted molar refractivity (Wildman–Crippen MR) is 135 cm³/mol. The monoisotopic (exact) mass is 483 g/mol. The van der Waals surface area contributed by atoms with Crippen molar-refractivity contribution in [1.82, 2.24) is 19.5 Å². The number of anilines is 2. The van der Waals surface area contributed by atoms with Crippen LogP contribution in [0.3, 0.4) is 0 Å². The Labute approximate surface area is 208 Å². The van der Waals surface area contributed by atoms with Gasteiger partial charge in [-0.3, -0.25) is 0 Å². The lowest BCUT2D eigenvalue weighted by atomic mass is 10.1. The first-order valence-corrected chi connectivity index (χ1v) is 12.2. The number of nitrogen functional groups attached to an aromatic ring is 1. The fraction of sp³-hybridized carbons (Fsp3) is 0.231. The fourth-order valence-electron chi connectivity index (χ4n) is 3.97. The quantitative estimate of drug-likeness (QED) is 0.396. The summed E-state index contributed by atoms with van der Waals surface area (Å²) < 4.78 is 7.19. The maximum absolute atomic E-state index is 9.24. The second-order valence-corrected chi connectivity index (χ2v) is 9.31. The van der Waals surface area contributed by atoms with Gasteiger partial charge in [0.05, 0.1) is 19.5 Å². The van der Waals surface area contributed by atoms with E-state index in [4.69, 9.17) is 15.5 Å². The Morgan fingerprint density at radius 3 is 2.46 bits per heavy atom. The Morgan fingerprint density at radius 2 is 1.71 bits per heavy atom. The molecule has 3 heterocycles. The van der Waals surface area contributed by atoms with Gasteiger partial charge in [-0.15, -0.1) is 0 Å². The number of benzene rings is 2. The molecule has 4 aromatic rings. The van der Waals surface area contributed by atoms with Crippen LogP contribution in [-0.4, -0.2) is 45.8 Å². The molecule has 1 aliphatic heterocycles. The van der Waals surface area contributed by atoms with E-state index in [1.807, 2.05) is 24.4 Å². The highest BCUT2D eigenvalue weighted by atomic mass is 32.2. The molecule has 2 N–H and O–H groups in total. The van der Waals surface area contributed by atoms with Crippen molar-refractivity contribution < 1.29 is 4.74 Å². The highest BCUT2D eigenvalue weighted by molar-refractivity contribution is 7.99. The van der Waals surface area contributed by atoms with Crippen LogP contribution in [0.1, 0.15) is 22.6 Å². The summed E-state index contributed by atoms with van der Waals surface area (Å²) in [7, 11) is 0. The predicted octanol–water partition coefficient (Wildman–Crippen LogP) is 3.75. The van der Waals surface area contributed by atoms with Crippen molar-refractivity contribution in [3.05, 3.63) is 89.8 Å². The molecule has 0 unspecified atom stereocenters. The van der Waals surface area contributed by atoms with Crippen LogP contribution in [-0.2, 0) is 17.7 Å². The Balaban J connectivity index is 1.21. The summed E-state index contributed by atoms with van der Waals surface area (Å²) in [5.41, 5.74) is 9.60. The van der Waals surface area contributed by atoms with Gasteiger partial charge in [0.1, 0.15) is 16.9 Å². The zero-order valence-corrected chi connectivity index (χ0v) is 20.0. The maximum Gasteiger partial charge on any atom is 0.164 e. The first-order valence-electron chi connectivity index (χ1n) is 11.4. The average Bonchev–Trinajstić information content (AvgIpc) is 3.25. The topological polar surface area (TPSA) is 106 Å². The van der Waals surface area contributed by atoms with Gasteiger partial charge in [0.2, 0.25) is 0 Å². The minimum absolute atomic E-state index is 0.257. The number of morpholine rings is 1. The molecule has 0 amide bonds. The van der Waals surface area contributed by atoms with Crippen LogP contribution in [0, 0.1) is 11.3 Å². The highest BCUT2D eigenvalue weighted by Gasteiger charge is 2.12. The van der Waals surface area contributed by atoms with E-state index >= 15 is 0 Å². The molecule has 1 aliphatic rings. The van der Waals surface area contributed by atoms with Gasteiger partial charge in [-0.25, -0.2) is 15.0 Å². The standard InChI is InChI=1S/C26H25N7OS/c27-16-23-26(28)30-18-33(23)17-20-3-7-22(8-4-20)35-25-9-10-29-24(31-25)15-19-1-5-21(6-2-19)32-11-13-34-14-12-32/h1-10,18H,11-15,17,28H2. The number of ether oxygens (including phenoxy) is 1. The minimum Gasteiger partial charge on any atom is -0.381 e. The van der Waals surface area contributed by atoms with Crippen molar-refractivity contribution in [1.29, 1.82) is 5.26 Å². The zero-order chi connectivity index (χ0) is 24.0. The molecule has 9 heteroatoms. The lowest BCUT2D eigenvalue weighted by molar-refractivity contribution is 0.122. The van der Waals surface area contributed by atoms with E-state index in [1.54, 1.807) is 22.7 Å². The molecule has 1 saturated heterocycles. The second-order valence-electron chi connectivity index (χ2n) is 8.22.